The van der Waals surface area contributed by atoms with Crippen LogP contribution in [-0.2, 0) is 9.68 Å². The highest BCUT2D eigenvalue weighted by Gasteiger charge is 2.01. The molecule has 0 bridgehead atoms. The van der Waals surface area contributed by atoms with Crippen molar-refractivity contribution in [2.45, 2.75) is 52.6 Å². The van der Waals surface area contributed by atoms with Crippen LogP contribution in [0.4, 0.5) is 0 Å². The Balaban J connectivity index is 0.000000450. The molecule has 45 heavy (non-hydrogen) atoms. The van der Waals surface area contributed by atoms with E-state index in [2.05, 4.69) is 30.9 Å². The van der Waals surface area contributed by atoms with Crippen LogP contribution in [0.2, 0.25) is 15.1 Å². The lowest BCUT2D eigenvalue weighted by atomic mass is 10.3. The van der Waals surface area contributed by atoms with E-state index >= 15 is 0 Å². The molecule has 250 valence electrons. The molecule has 14 nitrogen and oxygen atoms in total. The van der Waals surface area contributed by atoms with Crippen molar-refractivity contribution in [3.8, 4) is 11.5 Å². The topological polar surface area (TPSA) is 214 Å². The van der Waals surface area contributed by atoms with E-state index in [9.17, 15) is 0 Å². The molecule has 0 amide bonds. The Morgan fingerprint density at radius 3 is 1.53 bits per heavy atom. The van der Waals surface area contributed by atoms with Crippen LogP contribution in [0.15, 0.2) is 62.4 Å². The van der Waals surface area contributed by atoms with Gasteiger partial charge in [0.15, 0.2) is 0 Å². The number of rotatable bonds is 14. The minimum absolute atomic E-state index is 0.0392. The van der Waals surface area contributed by atoms with Gasteiger partial charge in [-0.15, -0.1) is 0 Å². The molecule has 0 atom stereocenters. The van der Waals surface area contributed by atoms with E-state index in [0.717, 1.165) is 5.75 Å². The first-order valence-electron chi connectivity index (χ1n) is 13.9. The third kappa shape index (κ3) is 20.8. The molecule has 0 aliphatic heterocycles. The number of nitrogens with two attached hydrogens (primary N) is 4. The van der Waals surface area contributed by atoms with Gasteiger partial charge in [-0.05, 0) is 64.1 Å². The zero-order valence-electron chi connectivity index (χ0n) is 25.8. The highest BCUT2D eigenvalue weighted by molar-refractivity contribution is 6.42. The van der Waals surface area contributed by atoms with Gasteiger partial charge in [0.2, 0.25) is 23.8 Å². The number of hydroxylamine groups is 2. The smallest absolute Gasteiger partial charge is 0.221 e. The molecule has 0 spiro atoms. The van der Waals surface area contributed by atoms with E-state index in [-0.39, 0.29) is 35.9 Å². The Morgan fingerprint density at radius 1 is 0.644 bits per heavy atom. The van der Waals surface area contributed by atoms with Gasteiger partial charge < -0.3 is 32.4 Å². The maximum atomic E-state index is 5.89. The summed E-state index contributed by atoms with van der Waals surface area (Å²) in [5.74, 6) is 1.70. The standard InChI is InChI=1S/C14H21Cl2N5O2.C14H22ClN5O2/c1-9(2)19-13(17)20-14(18)21-23-7-3-6-22-10-4-5-11(15)12(16)8-10;1-10(2)18-13(16)19-14(17)20-22-9-3-8-21-12-6-4-11(15)5-7-12/h4-5,8-9H,3,6-7H2,1-2H3,(H5,17,18,19,20,21);4-7,10H,3,8-9H2,1-2H3,(H5,16,17,18,19,20). The summed E-state index contributed by atoms with van der Waals surface area (Å²) in [4.78, 5) is 26.0. The van der Waals surface area contributed by atoms with Crippen molar-refractivity contribution in [1.29, 1.82) is 0 Å². The quantitative estimate of drug-likeness (QED) is 0.0726. The maximum Gasteiger partial charge on any atom is 0.221 e. The van der Waals surface area contributed by atoms with Gasteiger partial charge >= 0.3 is 0 Å². The van der Waals surface area contributed by atoms with Crippen molar-refractivity contribution in [3.63, 3.8) is 0 Å². The molecule has 0 saturated carbocycles. The average Bonchev–Trinajstić information content (AvgIpc) is 2.94. The van der Waals surface area contributed by atoms with Crippen molar-refractivity contribution in [1.82, 2.24) is 11.0 Å². The van der Waals surface area contributed by atoms with Crippen LogP contribution in [0.1, 0.15) is 40.5 Å². The van der Waals surface area contributed by atoms with Crippen molar-refractivity contribution in [2.24, 2.45) is 42.9 Å². The summed E-state index contributed by atoms with van der Waals surface area (Å²) < 4.78 is 11.0. The van der Waals surface area contributed by atoms with E-state index in [4.69, 9.17) is 76.9 Å². The van der Waals surface area contributed by atoms with Gasteiger partial charge in [0.25, 0.3) is 0 Å². The number of hydrogen-bond acceptors (Lipinski definition) is 6. The van der Waals surface area contributed by atoms with Gasteiger partial charge in [-0.1, -0.05) is 34.8 Å². The molecule has 0 aliphatic carbocycles. The third-order valence-electron chi connectivity index (χ3n) is 4.63. The molecule has 2 rings (SSSR count). The fraction of sp³-hybridized carbons (Fsp3) is 0.429. The van der Waals surface area contributed by atoms with Crippen LogP contribution in [-0.4, -0.2) is 62.3 Å². The lowest BCUT2D eigenvalue weighted by Gasteiger charge is -2.08. The maximum absolute atomic E-state index is 5.89. The monoisotopic (exact) mass is 688 g/mol. The second kappa shape index (κ2) is 22.8. The molecule has 0 radical (unpaired) electrons. The Labute approximate surface area is 279 Å². The van der Waals surface area contributed by atoms with Crippen LogP contribution in [0, 0.1) is 0 Å². The summed E-state index contributed by atoms with van der Waals surface area (Å²) in [5, 5.41) is 1.61. The number of halogens is 3. The summed E-state index contributed by atoms with van der Waals surface area (Å²) in [5.41, 5.74) is 27.2. The number of nitrogens with zero attached hydrogens (tertiary/aromatic N) is 4. The highest BCUT2D eigenvalue weighted by atomic mass is 35.5. The van der Waals surface area contributed by atoms with Crippen LogP contribution in [0.3, 0.4) is 0 Å². The van der Waals surface area contributed by atoms with Crippen molar-refractivity contribution >= 4 is 58.6 Å². The third-order valence-corrected chi connectivity index (χ3v) is 5.62. The minimum atomic E-state index is 0.0392. The highest BCUT2D eigenvalue weighted by Crippen LogP contribution is 2.26. The summed E-state index contributed by atoms with van der Waals surface area (Å²) in [6, 6.07) is 12.3. The predicted molar refractivity (Wildman–Crippen MR) is 183 cm³/mol. The largest absolute Gasteiger partial charge is 0.494 e. The molecular weight excluding hydrogens is 647 g/mol. The first-order chi connectivity index (χ1) is 21.3. The van der Waals surface area contributed by atoms with Gasteiger partial charge in [0.05, 0.1) is 36.5 Å². The second-order valence-electron chi connectivity index (χ2n) is 9.49. The molecule has 0 heterocycles. The SMILES string of the molecule is CC(C)N=C(N)N=C(N)NOCCCOc1ccc(Cl)c(Cl)c1.CC(C)N=C(N)N=C(N)NOCCCOc1ccc(Cl)cc1. The first-order valence-corrected chi connectivity index (χ1v) is 15.1. The van der Waals surface area contributed by atoms with Gasteiger partial charge in [0.1, 0.15) is 11.5 Å². The Bertz CT molecular complexity index is 1260. The number of benzene rings is 2. The summed E-state index contributed by atoms with van der Waals surface area (Å²) in [6.07, 6.45) is 1.31. The first kappa shape index (κ1) is 39.3. The predicted octanol–water partition coefficient (Wildman–Crippen LogP) is 3.99. The van der Waals surface area contributed by atoms with Crippen LogP contribution >= 0.6 is 34.8 Å². The summed E-state index contributed by atoms with van der Waals surface area (Å²) in [6.45, 7) is 9.30. The molecule has 0 aromatic heterocycles. The Kier molecular flexibility index (Phi) is 19.9. The number of hydrogen-bond donors (Lipinski definition) is 6. The molecule has 0 aliphatic rings. The van der Waals surface area contributed by atoms with E-state index in [1.54, 1.807) is 30.3 Å². The van der Waals surface area contributed by atoms with Crippen molar-refractivity contribution in [3.05, 3.63) is 57.5 Å². The molecule has 0 fully saturated rings. The molecule has 17 heteroatoms. The van der Waals surface area contributed by atoms with Gasteiger partial charge in [-0.25, -0.2) is 20.9 Å². The van der Waals surface area contributed by atoms with Crippen LogP contribution < -0.4 is 43.4 Å². The average molecular weight is 690 g/mol. The van der Waals surface area contributed by atoms with Crippen molar-refractivity contribution < 1.29 is 19.1 Å². The zero-order chi connectivity index (χ0) is 33.6. The number of ether oxygens (including phenoxy) is 2. The Hall–Kier alpha value is -3.69. The van der Waals surface area contributed by atoms with E-state index in [1.165, 1.54) is 0 Å². The van der Waals surface area contributed by atoms with E-state index in [0.29, 0.717) is 60.1 Å². The fourth-order valence-corrected chi connectivity index (χ4v) is 3.28. The normalized spacial score (nSPS) is 12.6. The second-order valence-corrected chi connectivity index (χ2v) is 10.7. The Morgan fingerprint density at radius 2 is 1.09 bits per heavy atom. The lowest BCUT2D eigenvalue weighted by molar-refractivity contribution is 0.0738. The molecule has 2 aromatic rings. The molecule has 0 saturated heterocycles. The lowest BCUT2D eigenvalue weighted by Crippen LogP contribution is -2.34. The summed E-state index contributed by atoms with van der Waals surface area (Å²) in [7, 11) is 0. The van der Waals surface area contributed by atoms with Crippen LogP contribution in [0.25, 0.3) is 0 Å². The number of nitrogens with one attached hydrogen (secondary N) is 2. The number of guanidine groups is 4. The molecule has 2 aromatic carbocycles. The minimum Gasteiger partial charge on any atom is -0.494 e. The van der Waals surface area contributed by atoms with Gasteiger partial charge in [0, 0.05) is 36.0 Å². The number of aliphatic imine (C=N–C) groups is 4. The summed E-state index contributed by atoms with van der Waals surface area (Å²) >= 11 is 17.5. The fourth-order valence-electron chi connectivity index (χ4n) is 2.87. The van der Waals surface area contributed by atoms with E-state index < -0.39 is 0 Å². The van der Waals surface area contributed by atoms with Gasteiger partial charge in [-0.3, -0.25) is 9.68 Å². The molecule has 10 N–H and O–H groups in total. The van der Waals surface area contributed by atoms with E-state index in [1.807, 2.05) is 39.8 Å². The van der Waals surface area contributed by atoms with Gasteiger partial charge in [-0.2, -0.15) is 9.98 Å². The van der Waals surface area contributed by atoms with Crippen LogP contribution in [0.5, 0.6) is 11.5 Å². The molecule has 0 unspecified atom stereocenters. The zero-order valence-corrected chi connectivity index (χ0v) is 28.1. The molecular formula is C28H43Cl3N10O4. The van der Waals surface area contributed by atoms with Crippen molar-refractivity contribution in [2.75, 3.05) is 26.4 Å².